The smallest absolute Gasteiger partial charge is 0.277 e. The maximum absolute atomic E-state index is 5.77. The van der Waals surface area contributed by atoms with Gasteiger partial charge in [-0.25, -0.2) is 4.98 Å². The van der Waals surface area contributed by atoms with Gasteiger partial charge in [0.2, 0.25) is 0 Å². The number of aromatic nitrogens is 3. The number of hydrogen-bond acceptors (Lipinski definition) is 9. The first-order valence-electron chi connectivity index (χ1n) is 8.70. The van der Waals surface area contributed by atoms with Gasteiger partial charge in [0.05, 0.1) is 25.5 Å². The van der Waals surface area contributed by atoms with Crippen molar-refractivity contribution >= 4 is 33.9 Å². The van der Waals surface area contributed by atoms with Crippen LogP contribution in [-0.2, 0) is 5.75 Å². The van der Waals surface area contributed by atoms with E-state index in [0.717, 1.165) is 27.8 Å². The van der Waals surface area contributed by atoms with Crippen LogP contribution in [0.3, 0.4) is 0 Å². The lowest BCUT2D eigenvalue weighted by Crippen LogP contribution is -1.90. The van der Waals surface area contributed by atoms with Crippen LogP contribution in [0.5, 0.6) is 11.5 Å². The second kappa shape index (κ2) is 8.97. The molecule has 7 nitrogen and oxygen atoms in total. The Morgan fingerprint density at radius 3 is 2.66 bits per heavy atom. The summed E-state index contributed by atoms with van der Waals surface area (Å²) in [6.07, 6.45) is 0. The van der Waals surface area contributed by atoms with Crippen molar-refractivity contribution in [3.8, 4) is 23.0 Å². The fourth-order valence-electron chi connectivity index (χ4n) is 2.56. The van der Waals surface area contributed by atoms with Gasteiger partial charge in [0.1, 0.15) is 11.5 Å². The zero-order chi connectivity index (χ0) is 20.1. The Balaban J connectivity index is 1.37. The van der Waals surface area contributed by atoms with Crippen molar-refractivity contribution in [3.63, 3.8) is 0 Å². The molecule has 148 valence electrons. The van der Waals surface area contributed by atoms with Gasteiger partial charge in [-0.1, -0.05) is 23.9 Å². The van der Waals surface area contributed by atoms with Gasteiger partial charge >= 0.3 is 0 Å². The van der Waals surface area contributed by atoms with Crippen LogP contribution in [0.2, 0.25) is 0 Å². The first-order chi connectivity index (χ1) is 14.2. The number of benzene rings is 2. The molecule has 0 fully saturated rings. The molecule has 2 heterocycles. The number of anilines is 2. The molecule has 9 heteroatoms. The van der Waals surface area contributed by atoms with Gasteiger partial charge in [-0.2, -0.15) is 0 Å². The first kappa shape index (κ1) is 19.3. The van der Waals surface area contributed by atoms with Crippen LogP contribution >= 0.6 is 23.1 Å². The van der Waals surface area contributed by atoms with Crippen molar-refractivity contribution in [3.05, 3.63) is 59.6 Å². The van der Waals surface area contributed by atoms with E-state index < -0.39 is 0 Å². The third-order valence-corrected chi connectivity index (χ3v) is 5.64. The van der Waals surface area contributed by atoms with Crippen LogP contribution in [0.4, 0.5) is 10.8 Å². The molecule has 0 aliphatic rings. The average molecular weight is 427 g/mol. The van der Waals surface area contributed by atoms with Crippen molar-refractivity contribution in [2.45, 2.75) is 11.0 Å². The predicted molar refractivity (Wildman–Crippen MR) is 114 cm³/mol. The molecule has 0 spiro atoms. The highest BCUT2D eigenvalue weighted by atomic mass is 32.2. The highest BCUT2D eigenvalue weighted by Crippen LogP contribution is 2.32. The number of thioether (sulfide) groups is 1. The van der Waals surface area contributed by atoms with Crippen LogP contribution in [0, 0.1) is 0 Å². The Hall–Kier alpha value is -3.04. The number of rotatable bonds is 8. The molecule has 4 rings (SSSR count). The minimum Gasteiger partial charge on any atom is -0.497 e. The second-order valence-electron chi connectivity index (χ2n) is 5.86. The van der Waals surface area contributed by atoms with E-state index in [4.69, 9.17) is 13.9 Å². The number of thiazole rings is 1. The Morgan fingerprint density at radius 2 is 1.86 bits per heavy atom. The van der Waals surface area contributed by atoms with Crippen LogP contribution in [0.1, 0.15) is 5.69 Å². The molecular formula is C20H18N4O3S2. The molecule has 0 bridgehead atoms. The van der Waals surface area contributed by atoms with Crippen LogP contribution < -0.4 is 14.8 Å². The quantitative estimate of drug-likeness (QED) is 0.383. The Bertz CT molecular complexity index is 1080. The number of nitrogens with one attached hydrogen (secondary N) is 1. The Morgan fingerprint density at radius 1 is 1.03 bits per heavy atom. The molecule has 29 heavy (non-hydrogen) atoms. The standard InChI is InChI=1S/C20H18N4O3S2/c1-25-15-9-7-13(8-10-15)21-19-22-14(11-28-19)12-29-20-24-23-18(27-20)16-5-3-4-6-17(16)26-2/h3-11H,12H2,1-2H3,(H,21,22). The summed E-state index contributed by atoms with van der Waals surface area (Å²) in [5.74, 6) is 2.58. The fraction of sp³-hybridized carbons (Fsp3) is 0.150. The number of methoxy groups -OCH3 is 2. The normalized spacial score (nSPS) is 10.7. The van der Waals surface area contributed by atoms with E-state index in [1.165, 1.54) is 11.8 Å². The lowest BCUT2D eigenvalue weighted by atomic mass is 10.2. The summed E-state index contributed by atoms with van der Waals surface area (Å²) in [5, 5.41) is 14.9. The van der Waals surface area contributed by atoms with E-state index in [1.54, 1.807) is 25.6 Å². The minimum absolute atomic E-state index is 0.435. The van der Waals surface area contributed by atoms with E-state index in [-0.39, 0.29) is 0 Å². The lowest BCUT2D eigenvalue weighted by molar-refractivity contribution is 0.411. The van der Waals surface area contributed by atoms with Crippen molar-refractivity contribution in [1.82, 2.24) is 15.2 Å². The molecule has 4 aromatic rings. The van der Waals surface area contributed by atoms with Gasteiger partial charge in [-0.15, -0.1) is 21.5 Å². The summed E-state index contributed by atoms with van der Waals surface area (Å²) in [4.78, 5) is 4.60. The molecule has 0 atom stereocenters. The minimum atomic E-state index is 0.435. The fourth-order valence-corrected chi connectivity index (χ4v) is 4.05. The summed E-state index contributed by atoms with van der Waals surface area (Å²) in [5.41, 5.74) is 2.67. The summed E-state index contributed by atoms with van der Waals surface area (Å²) >= 11 is 2.99. The molecule has 0 radical (unpaired) electrons. The molecule has 0 saturated carbocycles. The third-order valence-electron chi connectivity index (χ3n) is 3.98. The SMILES string of the molecule is COc1ccc(Nc2nc(CSc3nnc(-c4ccccc4OC)o3)cs2)cc1. The monoisotopic (exact) mass is 426 g/mol. The first-order valence-corrected chi connectivity index (χ1v) is 10.6. The van der Waals surface area contributed by atoms with E-state index in [0.29, 0.717) is 22.6 Å². The number of para-hydroxylation sites is 1. The lowest BCUT2D eigenvalue weighted by Gasteiger charge is -2.03. The van der Waals surface area contributed by atoms with Gasteiger partial charge in [0.25, 0.3) is 11.1 Å². The van der Waals surface area contributed by atoms with Gasteiger partial charge in [0.15, 0.2) is 5.13 Å². The molecule has 2 aromatic heterocycles. The average Bonchev–Trinajstić information content (AvgIpc) is 3.42. The summed E-state index contributed by atoms with van der Waals surface area (Å²) in [6.45, 7) is 0. The van der Waals surface area contributed by atoms with Crippen molar-refractivity contribution < 1.29 is 13.9 Å². The summed E-state index contributed by atoms with van der Waals surface area (Å²) in [7, 11) is 3.26. The van der Waals surface area contributed by atoms with Gasteiger partial charge in [-0.05, 0) is 36.4 Å². The topological polar surface area (TPSA) is 82.3 Å². The molecule has 0 unspecified atom stereocenters. The largest absolute Gasteiger partial charge is 0.497 e. The Labute approximate surface area is 176 Å². The van der Waals surface area contributed by atoms with E-state index in [1.807, 2.05) is 53.9 Å². The molecule has 0 amide bonds. The summed E-state index contributed by atoms with van der Waals surface area (Å²) < 4.78 is 16.3. The van der Waals surface area contributed by atoms with Crippen molar-refractivity contribution in [2.24, 2.45) is 0 Å². The Kier molecular flexibility index (Phi) is 5.97. The van der Waals surface area contributed by atoms with Crippen LogP contribution in [0.15, 0.2) is 63.6 Å². The van der Waals surface area contributed by atoms with E-state index >= 15 is 0 Å². The van der Waals surface area contributed by atoms with Crippen molar-refractivity contribution in [1.29, 1.82) is 0 Å². The summed E-state index contributed by atoms with van der Waals surface area (Å²) in [6, 6.07) is 15.3. The highest BCUT2D eigenvalue weighted by molar-refractivity contribution is 7.98. The molecular weight excluding hydrogens is 408 g/mol. The van der Waals surface area contributed by atoms with E-state index in [9.17, 15) is 0 Å². The molecule has 2 aromatic carbocycles. The van der Waals surface area contributed by atoms with Crippen LogP contribution in [0.25, 0.3) is 11.5 Å². The van der Waals surface area contributed by atoms with Crippen molar-refractivity contribution in [2.75, 3.05) is 19.5 Å². The van der Waals surface area contributed by atoms with Gasteiger partial charge in [-0.3, -0.25) is 0 Å². The second-order valence-corrected chi connectivity index (χ2v) is 7.64. The zero-order valence-corrected chi connectivity index (χ0v) is 17.4. The van der Waals surface area contributed by atoms with E-state index in [2.05, 4.69) is 20.5 Å². The zero-order valence-electron chi connectivity index (χ0n) is 15.8. The maximum Gasteiger partial charge on any atom is 0.277 e. The highest BCUT2D eigenvalue weighted by Gasteiger charge is 2.14. The molecule has 1 N–H and O–H groups in total. The third kappa shape index (κ3) is 4.69. The molecule has 0 aliphatic heterocycles. The maximum atomic E-state index is 5.77. The number of ether oxygens (including phenoxy) is 2. The number of nitrogens with zero attached hydrogens (tertiary/aromatic N) is 3. The molecule has 0 saturated heterocycles. The van der Waals surface area contributed by atoms with Gasteiger partial charge in [0, 0.05) is 16.8 Å². The molecule has 0 aliphatic carbocycles. The van der Waals surface area contributed by atoms with Gasteiger partial charge < -0.3 is 19.2 Å². The van der Waals surface area contributed by atoms with Crippen LogP contribution in [-0.4, -0.2) is 29.4 Å². The number of hydrogen-bond donors (Lipinski definition) is 1. The predicted octanol–water partition coefficient (Wildman–Crippen LogP) is 5.25.